The minimum Gasteiger partial charge on any atom is -0.445 e. The van der Waals surface area contributed by atoms with Gasteiger partial charge in [-0.2, -0.15) is 0 Å². The van der Waals surface area contributed by atoms with Crippen LogP contribution in [0.25, 0.3) is 22.4 Å². The van der Waals surface area contributed by atoms with Crippen LogP contribution in [-0.2, 0) is 17.8 Å². The fourth-order valence-electron chi connectivity index (χ4n) is 3.87. The minimum atomic E-state index is -0.504. The van der Waals surface area contributed by atoms with Crippen molar-refractivity contribution in [1.29, 1.82) is 0 Å². The van der Waals surface area contributed by atoms with Gasteiger partial charge in [0.15, 0.2) is 0 Å². The molecule has 0 radical (unpaired) electrons. The number of carbonyl (C=O) groups excluding carboxylic acids is 2. The molecule has 1 heterocycles. The molecule has 6 nitrogen and oxygen atoms in total. The summed E-state index contributed by atoms with van der Waals surface area (Å²) in [7, 11) is 0. The normalized spacial score (nSPS) is 11.4. The first kappa shape index (κ1) is 25.9. The number of nitrogens with two attached hydrogens (primary N) is 1. The molecule has 3 rings (SSSR count). The van der Waals surface area contributed by atoms with Gasteiger partial charge in [0, 0.05) is 27.9 Å². The van der Waals surface area contributed by atoms with Crippen LogP contribution in [0.4, 0.5) is 4.79 Å². The first-order chi connectivity index (χ1) is 16.4. The van der Waals surface area contributed by atoms with E-state index in [1.807, 2.05) is 70.2 Å². The number of carbonyl (C=O) groups is 2. The molecule has 0 unspecified atom stereocenters. The summed E-state index contributed by atoms with van der Waals surface area (Å²) in [4.78, 5) is 29.6. The largest absolute Gasteiger partial charge is 0.445 e. The van der Waals surface area contributed by atoms with Gasteiger partial charge < -0.3 is 15.8 Å². The van der Waals surface area contributed by atoms with E-state index in [9.17, 15) is 9.59 Å². The van der Waals surface area contributed by atoms with Crippen LogP contribution in [-0.4, -0.2) is 22.5 Å². The Kier molecular flexibility index (Phi) is 7.95. The Morgan fingerprint density at radius 3 is 2.29 bits per heavy atom. The van der Waals surface area contributed by atoms with Crippen molar-refractivity contribution in [1.82, 2.24) is 10.3 Å². The van der Waals surface area contributed by atoms with Crippen LogP contribution in [0.15, 0.2) is 54.6 Å². The molecule has 184 valence electrons. The molecule has 0 fully saturated rings. The Bertz CT molecular complexity index is 1210. The van der Waals surface area contributed by atoms with E-state index in [1.54, 1.807) is 12.1 Å². The number of aromatic nitrogens is 1. The van der Waals surface area contributed by atoms with Gasteiger partial charge in [-0.1, -0.05) is 61.9 Å². The summed E-state index contributed by atoms with van der Waals surface area (Å²) < 4.78 is 5.66. The fraction of sp³-hybridized carbons (Fsp3) is 0.345. The summed E-state index contributed by atoms with van der Waals surface area (Å²) in [5.74, 6) is -0.187. The van der Waals surface area contributed by atoms with Crippen LogP contribution >= 0.6 is 0 Å². The number of alkyl carbamates (subject to hydrolysis) is 1. The van der Waals surface area contributed by atoms with Crippen molar-refractivity contribution < 1.29 is 14.3 Å². The highest BCUT2D eigenvalue weighted by molar-refractivity contribution is 5.99. The molecule has 0 saturated carbocycles. The molecule has 2 amide bonds. The van der Waals surface area contributed by atoms with Crippen molar-refractivity contribution in [2.75, 3.05) is 0 Å². The molecule has 0 aliphatic heterocycles. The molecular formula is C29H35N3O3. The number of pyridine rings is 1. The molecule has 1 aromatic heterocycles. The highest BCUT2D eigenvalue weighted by Crippen LogP contribution is 2.33. The molecular weight excluding hydrogens is 438 g/mol. The van der Waals surface area contributed by atoms with Gasteiger partial charge in [0.2, 0.25) is 5.91 Å². The summed E-state index contributed by atoms with van der Waals surface area (Å²) >= 11 is 0. The van der Waals surface area contributed by atoms with E-state index in [1.165, 1.54) is 0 Å². The monoisotopic (exact) mass is 473 g/mol. The highest BCUT2D eigenvalue weighted by atomic mass is 16.5. The number of amides is 2. The van der Waals surface area contributed by atoms with Gasteiger partial charge in [-0.05, 0) is 63.3 Å². The SMILES string of the molecule is Cc1ccc(-c2cc(-c3ccccc3C(N)=O)nc(CC(C)C)c2COC(=O)NC(C)(C)C)cc1. The topological polar surface area (TPSA) is 94.3 Å². The van der Waals surface area contributed by atoms with Crippen molar-refractivity contribution in [2.24, 2.45) is 11.7 Å². The van der Waals surface area contributed by atoms with Crippen LogP contribution in [0, 0.1) is 12.8 Å². The Balaban J connectivity index is 2.19. The summed E-state index contributed by atoms with van der Waals surface area (Å²) in [5.41, 5.74) is 11.7. The molecule has 6 heteroatoms. The van der Waals surface area contributed by atoms with E-state index in [0.29, 0.717) is 29.2 Å². The summed E-state index contributed by atoms with van der Waals surface area (Å²) in [6, 6.07) is 17.4. The predicted molar refractivity (Wildman–Crippen MR) is 140 cm³/mol. The van der Waals surface area contributed by atoms with Crippen molar-refractivity contribution in [3.05, 3.63) is 77.0 Å². The Morgan fingerprint density at radius 1 is 1.03 bits per heavy atom. The number of rotatable bonds is 7. The van der Waals surface area contributed by atoms with E-state index in [4.69, 9.17) is 15.5 Å². The van der Waals surface area contributed by atoms with Gasteiger partial charge in [-0.15, -0.1) is 0 Å². The third-order valence-corrected chi connectivity index (χ3v) is 5.47. The third kappa shape index (κ3) is 6.92. The first-order valence-electron chi connectivity index (χ1n) is 11.9. The second-order valence-electron chi connectivity index (χ2n) is 10.3. The third-order valence-electron chi connectivity index (χ3n) is 5.47. The lowest BCUT2D eigenvalue weighted by Crippen LogP contribution is -2.40. The second-order valence-corrected chi connectivity index (χ2v) is 10.3. The standard InChI is InChI=1S/C29H35N3O3/c1-18(2)15-25-24(17-35-28(34)32-29(4,5)6)23(20-13-11-19(3)12-14-20)16-26(31-25)21-9-7-8-10-22(21)27(30)33/h7-14,16,18H,15,17H2,1-6H3,(H2,30,33)(H,32,34). The van der Waals surface area contributed by atoms with E-state index >= 15 is 0 Å². The lowest BCUT2D eigenvalue weighted by atomic mass is 9.92. The quantitative estimate of drug-likeness (QED) is 0.437. The zero-order valence-corrected chi connectivity index (χ0v) is 21.4. The number of hydrogen-bond acceptors (Lipinski definition) is 4. The Labute approximate surface area is 207 Å². The fourth-order valence-corrected chi connectivity index (χ4v) is 3.87. The average molecular weight is 474 g/mol. The molecule has 3 aromatic rings. The van der Waals surface area contributed by atoms with Crippen LogP contribution in [0.3, 0.4) is 0 Å². The molecule has 0 spiro atoms. The Hall–Kier alpha value is -3.67. The lowest BCUT2D eigenvalue weighted by molar-refractivity contribution is 0.100. The predicted octanol–water partition coefficient (Wildman–Crippen LogP) is 6.05. The summed E-state index contributed by atoms with van der Waals surface area (Å²) in [6.07, 6.45) is 0.205. The molecule has 0 bridgehead atoms. The van der Waals surface area contributed by atoms with Crippen LogP contribution < -0.4 is 11.1 Å². The molecule has 3 N–H and O–H groups in total. The number of benzene rings is 2. The van der Waals surface area contributed by atoms with Crippen molar-refractivity contribution >= 4 is 12.0 Å². The molecule has 0 atom stereocenters. The number of ether oxygens (including phenoxy) is 1. The smallest absolute Gasteiger partial charge is 0.407 e. The zero-order chi connectivity index (χ0) is 25.8. The number of primary amides is 1. The summed E-state index contributed by atoms with van der Waals surface area (Å²) in [5, 5.41) is 2.84. The van der Waals surface area contributed by atoms with E-state index < -0.39 is 17.5 Å². The van der Waals surface area contributed by atoms with Gasteiger partial charge >= 0.3 is 6.09 Å². The average Bonchev–Trinajstić information content (AvgIpc) is 2.76. The molecule has 2 aromatic carbocycles. The van der Waals surface area contributed by atoms with Crippen LogP contribution in [0.2, 0.25) is 0 Å². The van der Waals surface area contributed by atoms with Gasteiger partial charge in [-0.25, -0.2) is 4.79 Å². The maximum Gasteiger partial charge on any atom is 0.407 e. The van der Waals surface area contributed by atoms with Gasteiger partial charge in [-0.3, -0.25) is 9.78 Å². The van der Waals surface area contributed by atoms with Gasteiger partial charge in [0.1, 0.15) is 6.61 Å². The van der Waals surface area contributed by atoms with Gasteiger partial charge in [0.25, 0.3) is 0 Å². The van der Waals surface area contributed by atoms with Crippen molar-refractivity contribution in [2.45, 2.75) is 60.1 Å². The summed E-state index contributed by atoms with van der Waals surface area (Å²) in [6.45, 7) is 12.1. The first-order valence-corrected chi connectivity index (χ1v) is 11.9. The zero-order valence-electron chi connectivity index (χ0n) is 21.4. The number of aryl methyl sites for hydroxylation is 1. The highest BCUT2D eigenvalue weighted by Gasteiger charge is 2.21. The molecule has 0 saturated heterocycles. The van der Waals surface area contributed by atoms with E-state index in [0.717, 1.165) is 27.9 Å². The Morgan fingerprint density at radius 2 is 1.69 bits per heavy atom. The van der Waals surface area contributed by atoms with Crippen molar-refractivity contribution in [3.63, 3.8) is 0 Å². The second kappa shape index (κ2) is 10.7. The maximum atomic E-state index is 12.5. The number of nitrogens with zero attached hydrogens (tertiary/aromatic N) is 1. The van der Waals surface area contributed by atoms with Crippen LogP contribution in [0.5, 0.6) is 0 Å². The molecule has 35 heavy (non-hydrogen) atoms. The minimum absolute atomic E-state index is 0.0813. The number of hydrogen-bond donors (Lipinski definition) is 2. The number of nitrogens with one attached hydrogen (secondary N) is 1. The van der Waals surface area contributed by atoms with Crippen molar-refractivity contribution in [3.8, 4) is 22.4 Å². The van der Waals surface area contributed by atoms with E-state index in [-0.39, 0.29) is 6.61 Å². The van der Waals surface area contributed by atoms with E-state index in [2.05, 4.69) is 19.2 Å². The lowest BCUT2D eigenvalue weighted by Gasteiger charge is -2.22. The maximum absolute atomic E-state index is 12.5. The molecule has 0 aliphatic rings. The molecule has 0 aliphatic carbocycles. The van der Waals surface area contributed by atoms with Crippen LogP contribution in [0.1, 0.15) is 61.8 Å². The van der Waals surface area contributed by atoms with Gasteiger partial charge in [0.05, 0.1) is 5.69 Å².